The van der Waals surface area contributed by atoms with Gasteiger partial charge < -0.3 is 36.3 Å². The molecule has 4 atom stereocenters. The van der Waals surface area contributed by atoms with Crippen molar-refractivity contribution in [3.05, 3.63) is 12.2 Å². The van der Waals surface area contributed by atoms with E-state index in [1.54, 1.807) is 6.92 Å². The number of rotatable bonds is 7. The van der Waals surface area contributed by atoms with Gasteiger partial charge >= 0.3 is 0 Å². The average Bonchev–Trinajstić information content (AvgIpc) is 2.42. The smallest absolute Gasteiger partial charge is 0.243 e. The molecule has 21 heavy (non-hydrogen) atoms. The fourth-order valence-electron chi connectivity index (χ4n) is 0.983. The first kappa shape index (κ1) is 21.5. The lowest BCUT2D eigenvalue weighted by atomic mass is 10.0. The molecule has 0 rings (SSSR count). The van der Waals surface area contributed by atoms with Gasteiger partial charge in [0.05, 0.1) is 6.61 Å². The summed E-state index contributed by atoms with van der Waals surface area (Å²) in [5.74, 6) is -0.994. The van der Waals surface area contributed by atoms with Gasteiger partial charge in [-0.3, -0.25) is 9.59 Å². The molecule has 0 heterocycles. The Morgan fingerprint density at radius 1 is 1.24 bits per heavy atom. The van der Waals surface area contributed by atoms with Crippen LogP contribution < -0.4 is 11.1 Å². The van der Waals surface area contributed by atoms with Crippen LogP contribution in [-0.4, -0.2) is 69.5 Å². The van der Waals surface area contributed by atoms with Crippen LogP contribution >= 0.6 is 0 Å². The Labute approximate surface area is 122 Å². The van der Waals surface area contributed by atoms with Crippen LogP contribution in [0.5, 0.6) is 0 Å². The minimum absolute atomic E-state index is 0.235. The van der Waals surface area contributed by atoms with Gasteiger partial charge in [-0.1, -0.05) is 6.58 Å². The first-order chi connectivity index (χ1) is 9.58. The summed E-state index contributed by atoms with van der Waals surface area (Å²) in [7, 11) is 0. The molecule has 0 aliphatic heterocycles. The lowest BCUT2D eigenvalue weighted by Crippen LogP contribution is -2.53. The molecule has 0 aromatic rings. The molecule has 0 bridgehead atoms. The van der Waals surface area contributed by atoms with Crippen LogP contribution in [0.1, 0.15) is 13.8 Å². The van der Waals surface area contributed by atoms with Crippen molar-refractivity contribution in [1.29, 1.82) is 0 Å². The molecule has 122 valence electrons. The van der Waals surface area contributed by atoms with Crippen molar-refractivity contribution < 1.29 is 34.8 Å². The summed E-state index contributed by atoms with van der Waals surface area (Å²) in [6.45, 7) is 5.23. The number of aldehydes is 1. The van der Waals surface area contributed by atoms with Crippen LogP contribution in [0.25, 0.3) is 0 Å². The molecular weight excluding hydrogens is 284 g/mol. The highest BCUT2D eigenvalue weighted by molar-refractivity contribution is 5.90. The quantitative estimate of drug-likeness (QED) is 0.212. The molecule has 0 fully saturated rings. The van der Waals surface area contributed by atoms with Crippen molar-refractivity contribution in [3.63, 3.8) is 0 Å². The van der Waals surface area contributed by atoms with Crippen LogP contribution in [0.4, 0.5) is 0 Å². The topological polar surface area (TPSA) is 170 Å². The van der Waals surface area contributed by atoms with E-state index in [9.17, 15) is 24.6 Å². The zero-order chi connectivity index (χ0) is 17.2. The number of aliphatic hydroxyl groups excluding tert-OH is 4. The average molecular weight is 306 g/mol. The van der Waals surface area contributed by atoms with Crippen molar-refractivity contribution in [1.82, 2.24) is 5.32 Å². The molecule has 2 amide bonds. The first-order valence-corrected chi connectivity index (χ1v) is 5.91. The van der Waals surface area contributed by atoms with Crippen LogP contribution in [0.15, 0.2) is 12.2 Å². The second kappa shape index (κ2) is 10.9. The van der Waals surface area contributed by atoms with Crippen molar-refractivity contribution in [3.8, 4) is 0 Å². The van der Waals surface area contributed by atoms with E-state index in [1.807, 2.05) is 0 Å². The summed E-state index contributed by atoms with van der Waals surface area (Å²) >= 11 is 0. The molecule has 7 N–H and O–H groups in total. The minimum atomic E-state index is -1.71. The van der Waals surface area contributed by atoms with Gasteiger partial charge in [0.15, 0.2) is 0 Å². The van der Waals surface area contributed by atoms with E-state index in [4.69, 9.17) is 15.9 Å². The maximum absolute atomic E-state index is 10.6. The number of nitrogens with one attached hydrogen (secondary N) is 1. The maximum Gasteiger partial charge on any atom is 0.243 e. The van der Waals surface area contributed by atoms with E-state index in [1.165, 1.54) is 0 Å². The number of primary amides is 1. The Kier molecular flexibility index (Phi) is 11.2. The molecule has 0 radical (unpaired) electrons. The van der Waals surface area contributed by atoms with E-state index in [2.05, 4.69) is 11.9 Å². The van der Waals surface area contributed by atoms with Gasteiger partial charge in [-0.25, -0.2) is 0 Å². The third-order valence-corrected chi connectivity index (χ3v) is 2.24. The van der Waals surface area contributed by atoms with Gasteiger partial charge in [0.1, 0.15) is 30.6 Å². The molecule has 0 saturated heterocycles. The van der Waals surface area contributed by atoms with E-state index in [0.717, 1.165) is 6.92 Å². The normalized spacial score (nSPS) is 15.5. The van der Waals surface area contributed by atoms with Gasteiger partial charge in [0, 0.05) is 12.5 Å². The zero-order valence-corrected chi connectivity index (χ0v) is 11.9. The van der Waals surface area contributed by atoms with Crippen LogP contribution in [0, 0.1) is 0 Å². The fourth-order valence-corrected chi connectivity index (χ4v) is 0.983. The Bertz CT molecular complexity index is 361. The number of hydrogen-bond donors (Lipinski definition) is 6. The summed E-state index contributed by atoms with van der Waals surface area (Å²) < 4.78 is 0. The SMILES string of the molecule is C=C(C)C(N)=O.CC(=O)N[C@@H](C=O)[C@@H](O)[C@@H](O)[C@H](O)CO. The summed E-state index contributed by atoms with van der Waals surface area (Å²) in [5.41, 5.74) is 5.09. The molecule has 0 aliphatic rings. The fraction of sp³-hybridized carbons (Fsp3) is 0.583. The van der Waals surface area contributed by atoms with Gasteiger partial charge in [-0.15, -0.1) is 0 Å². The van der Waals surface area contributed by atoms with Gasteiger partial charge in [0.2, 0.25) is 11.8 Å². The second-order valence-corrected chi connectivity index (χ2v) is 4.24. The first-order valence-electron chi connectivity index (χ1n) is 5.91. The van der Waals surface area contributed by atoms with Gasteiger partial charge in [0.25, 0.3) is 0 Å². The Hall–Kier alpha value is -1.81. The van der Waals surface area contributed by atoms with Crippen molar-refractivity contribution in [2.75, 3.05) is 6.61 Å². The number of aliphatic hydroxyl groups is 4. The predicted molar refractivity (Wildman–Crippen MR) is 72.8 cm³/mol. The number of carbonyl (C=O) groups is 3. The van der Waals surface area contributed by atoms with Crippen LogP contribution in [0.2, 0.25) is 0 Å². The third-order valence-electron chi connectivity index (χ3n) is 2.24. The standard InChI is InChI=1S/C8H15NO6.C4H7NO/c1-4(12)9-5(2-10)7(14)8(15)6(13)3-11;1-3(2)4(5)6/h2,5-8,11,13-15H,3H2,1H3,(H,9,12);1H2,2H3,(H2,5,6)/t5-,6+,7+,8-;/m0./s1. The van der Waals surface area contributed by atoms with E-state index in [0.29, 0.717) is 5.57 Å². The summed E-state index contributed by atoms with van der Waals surface area (Å²) in [4.78, 5) is 30.9. The van der Waals surface area contributed by atoms with Crippen LogP contribution in [-0.2, 0) is 14.4 Å². The Balaban J connectivity index is 0. The van der Waals surface area contributed by atoms with E-state index in [-0.39, 0.29) is 6.29 Å². The third kappa shape index (κ3) is 9.68. The molecular formula is C12H22N2O7. The van der Waals surface area contributed by atoms with Crippen LogP contribution in [0.3, 0.4) is 0 Å². The predicted octanol–water partition coefficient (Wildman–Crippen LogP) is -3.19. The van der Waals surface area contributed by atoms with Crippen molar-refractivity contribution in [2.24, 2.45) is 5.73 Å². The maximum atomic E-state index is 10.6. The minimum Gasteiger partial charge on any atom is -0.394 e. The molecule has 0 aromatic heterocycles. The molecule has 0 spiro atoms. The highest BCUT2D eigenvalue weighted by atomic mass is 16.4. The number of amides is 2. The lowest BCUT2D eigenvalue weighted by Gasteiger charge is -2.25. The largest absolute Gasteiger partial charge is 0.394 e. The summed E-state index contributed by atoms with van der Waals surface area (Å²) in [5, 5.41) is 38.2. The van der Waals surface area contributed by atoms with Gasteiger partial charge in [-0.05, 0) is 6.92 Å². The molecule has 0 unspecified atom stereocenters. The molecule has 9 nitrogen and oxygen atoms in total. The van der Waals surface area contributed by atoms with Crippen molar-refractivity contribution in [2.45, 2.75) is 38.2 Å². The van der Waals surface area contributed by atoms with Gasteiger partial charge in [-0.2, -0.15) is 0 Å². The van der Waals surface area contributed by atoms with E-state index >= 15 is 0 Å². The number of nitrogens with two attached hydrogens (primary N) is 1. The Morgan fingerprint density at radius 2 is 1.67 bits per heavy atom. The Morgan fingerprint density at radius 3 is 1.90 bits per heavy atom. The number of carbonyl (C=O) groups excluding carboxylic acids is 3. The summed E-state index contributed by atoms with van der Waals surface area (Å²) in [6.07, 6.45) is -4.72. The highest BCUT2D eigenvalue weighted by Crippen LogP contribution is 2.03. The molecule has 0 saturated carbocycles. The van der Waals surface area contributed by atoms with Crippen molar-refractivity contribution >= 4 is 18.1 Å². The lowest BCUT2D eigenvalue weighted by molar-refractivity contribution is -0.129. The molecule has 0 aliphatic carbocycles. The summed E-state index contributed by atoms with van der Waals surface area (Å²) in [6, 6.07) is -1.32. The van der Waals surface area contributed by atoms with E-state index < -0.39 is 42.8 Å². The molecule has 9 heteroatoms. The monoisotopic (exact) mass is 306 g/mol. The second-order valence-electron chi connectivity index (χ2n) is 4.24. The highest BCUT2D eigenvalue weighted by Gasteiger charge is 2.31. The zero-order valence-electron chi connectivity index (χ0n) is 11.9. The number of hydrogen-bond acceptors (Lipinski definition) is 7. The molecule has 0 aromatic carbocycles.